The Bertz CT molecular complexity index is 1070. The summed E-state index contributed by atoms with van der Waals surface area (Å²) in [4.78, 5) is 22.1. The Balaban J connectivity index is 1.44. The van der Waals surface area contributed by atoms with E-state index in [0.717, 1.165) is 58.3 Å². The van der Waals surface area contributed by atoms with Crippen molar-refractivity contribution < 1.29 is 22.8 Å². The summed E-state index contributed by atoms with van der Waals surface area (Å²) < 4.78 is 42.3. The number of alkyl halides is 3. The lowest BCUT2D eigenvalue weighted by Gasteiger charge is -2.36. The van der Waals surface area contributed by atoms with Gasteiger partial charge in [0.25, 0.3) is 0 Å². The van der Waals surface area contributed by atoms with Gasteiger partial charge in [0.05, 0.1) is 4.92 Å². The molecule has 2 aromatic rings. The molecule has 0 unspecified atom stereocenters. The molecule has 37 heavy (non-hydrogen) atoms. The highest BCUT2D eigenvalue weighted by molar-refractivity contribution is 5.58. The zero-order valence-corrected chi connectivity index (χ0v) is 20.5. The second-order valence-corrected chi connectivity index (χ2v) is 9.51. The van der Waals surface area contributed by atoms with Crippen molar-refractivity contribution in [2.45, 2.75) is 57.5 Å². The molecule has 0 amide bonds. The summed E-state index contributed by atoms with van der Waals surface area (Å²) in [5.41, 5.74) is 6.08. The molecule has 0 spiro atoms. The molecule has 1 saturated heterocycles. The molecule has 202 valence electrons. The van der Waals surface area contributed by atoms with Gasteiger partial charge < -0.3 is 21.1 Å². The van der Waals surface area contributed by atoms with E-state index in [0.29, 0.717) is 12.5 Å². The second-order valence-electron chi connectivity index (χ2n) is 9.51. The van der Waals surface area contributed by atoms with E-state index >= 15 is 0 Å². The zero-order valence-electron chi connectivity index (χ0n) is 20.5. The first-order valence-corrected chi connectivity index (χ1v) is 12.5. The third kappa shape index (κ3) is 7.41. The van der Waals surface area contributed by atoms with Gasteiger partial charge in [-0.05, 0) is 63.6 Å². The van der Waals surface area contributed by atoms with E-state index in [-0.39, 0.29) is 46.9 Å². The molecule has 13 heteroatoms. The predicted octanol–water partition coefficient (Wildman–Crippen LogP) is 3.87. The highest BCUT2D eigenvalue weighted by Gasteiger charge is 2.32. The van der Waals surface area contributed by atoms with E-state index in [4.69, 9.17) is 5.73 Å². The van der Waals surface area contributed by atoms with Gasteiger partial charge in [0.15, 0.2) is 0 Å². The number of aromatic nitrogens is 2. The van der Waals surface area contributed by atoms with Gasteiger partial charge in [-0.25, -0.2) is 4.98 Å². The van der Waals surface area contributed by atoms with Crippen LogP contribution in [0.2, 0.25) is 0 Å². The molecule has 1 aromatic carbocycles. The van der Waals surface area contributed by atoms with Crippen molar-refractivity contribution >= 4 is 17.5 Å². The number of benzene rings is 1. The quantitative estimate of drug-likeness (QED) is 0.348. The molecule has 4 N–H and O–H groups in total. The molecule has 2 fully saturated rings. The number of anilines is 2. The lowest BCUT2D eigenvalue weighted by Crippen LogP contribution is -2.40. The van der Waals surface area contributed by atoms with Crippen molar-refractivity contribution in [3.8, 4) is 5.75 Å². The van der Waals surface area contributed by atoms with E-state index in [9.17, 15) is 23.3 Å². The number of hydrogen-bond acceptors (Lipinski definition) is 9. The number of halogens is 3. The van der Waals surface area contributed by atoms with Crippen molar-refractivity contribution in [3.63, 3.8) is 0 Å². The van der Waals surface area contributed by atoms with Gasteiger partial charge >= 0.3 is 12.0 Å². The van der Waals surface area contributed by atoms with Crippen LogP contribution >= 0.6 is 0 Å². The smallest absolute Gasteiger partial charge is 0.405 e. The molecule has 0 bridgehead atoms. The summed E-state index contributed by atoms with van der Waals surface area (Å²) >= 11 is 0. The Morgan fingerprint density at radius 1 is 1.16 bits per heavy atom. The summed E-state index contributed by atoms with van der Waals surface area (Å²) in [6.45, 7) is 4.08. The number of ether oxygens (including phenoxy) is 1. The molecular weight excluding hydrogens is 491 g/mol. The van der Waals surface area contributed by atoms with Gasteiger partial charge in [0.2, 0.25) is 11.8 Å². The standard InChI is InChI=1S/C24H32F3N7O3/c25-24(26,27)37-20-5-2-1-4-17(20)15-30-23-31-19(21(34(35)36)22(28)32-23)14-16-6-8-18(9-7-16)33-12-3-10-29-11-13-33/h1-2,4-5,16,18,29H,3,6-15H2,(H3,28,30,31,32). The van der Waals surface area contributed by atoms with Crippen molar-refractivity contribution in [2.75, 3.05) is 37.2 Å². The highest BCUT2D eigenvalue weighted by atomic mass is 19.4. The fourth-order valence-corrected chi connectivity index (χ4v) is 5.21. The van der Waals surface area contributed by atoms with Crippen molar-refractivity contribution in [1.82, 2.24) is 20.2 Å². The van der Waals surface area contributed by atoms with Crippen LogP contribution in [0, 0.1) is 16.0 Å². The fourth-order valence-electron chi connectivity index (χ4n) is 5.21. The molecule has 1 aliphatic carbocycles. The molecule has 0 atom stereocenters. The van der Waals surface area contributed by atoms with Crippen LogP contribution in [0.4, 0.5) is 30.6 Å². The molecular formula is C24H32F3N7O3. The topological polar surface area (TPSA) is 131 Å². The Morgan fingerprint density at radius 2 is 1.92 bits per heavy atom. The minimum absolute atomic E-state index is 0.0191. The molecule has 2 heterocycles. The maximum Gasteiger partial charge on any atom is 0.573 e. The molecule has 1 aliphatic heterocycles. The average Bonchev–Trinajstić information content (AvgIpc) is 3.12. The largest absolute Gasteiger partial charge is 0.573 e. The van der Waals surface area contributed by atoms with E-state index < -0.39 is 11.3 Å². The van der Waals surface area contributed by atoms with E-state index in [2.05, 4.69) is 30.2 Å². The van der Waals surface area contributed by atoms with Crippen LogP contribution in [0.25, 0.3) is 0 Å². The van der Waals surface area contributed by atoms with Crippen molar-refractivity contribution in [3.05, 3.63) is 45.6 Å². The van der Waals surface area contributed by atoms with Gasteiger partial charge in [-0.1, -0.05) is 18.2 Å². The number of rotatable bonds is 8. The van der Waals surface area contributed by atoms with Gasteiger partial charge in [0, 0.05) is 31.2 Å². The SMILES string of the molecule is Nc1nc(NCc2ccccc2OC(F)(F)F)nc(CC2CCC(N3CCCNCC3)CC2)c1[N+](=O)[O-]. The first-order chi connectivity index (χ1) is 17.7. The minimum Gasteiger partial charge on any atom is -0.405 e. The maximum absolute atomic E-state index is 12.7. The summed E-state index contributed by atoms with van der Waals surface area (Å²) in [7, 11) is 0. The number of nitro groups is 1. The van der Waals surface area contributed by atoms with Gasteiger partial charge in [0.1, 0.15) is 11.4 Å². The number of nitrogens with zero attached hydrogens (tertiary/aromatic N) is 4. The summed E-state index contributed by atoms with van der Waals surface area (Å²) in [5, 5.41) is 18.0. The van der Waals surface area contributed by atoms with Crippen LogP contribution in [-0.4, -0.2) is 58.4 Å². The molecule has 1 aromatic heterocycles. The first kappa shape index (κ1) is 26.9. The van der Waals surface area contributed by atoms with Gasteiger partial charge in [-0.3, -0.25) is 15.0 Å². The Labute approximate surface area is 212 Å². The first-order valence-electron chi connectivity index (χ1n) is 12.5. The van der Waals surface area contributed by atoms with Crippen LogP contribution in [0.1, 0.15) is 43.4 Å². The normalized spacial score (nSPS) is 21.3. The Hall–Kier alpha value is -3.19. The third-order valence-corrected chi connectivity index (χ3v) is 6.99. The molecule has 1 saturated carbocycles. The third-order valence-electron chi connectivity index (χ3n) is 6.99. The second kappa shape index (κ2) is 11.9. The van der Waals surface area contributed by atoms with E-state index in [1.807, 2.05) is 0 Å². The Morgan fingerprint density at radius 3 is 2.65 bits per heavy atom. The maximum atomic E-state index is 12.7. The predicted molar refractivity (Wildman–Crippen MR) is 132 cm³/mol. The summed E-state index contributed by atoms with van der Waals surface area (Å²) in [5.74, 6) is -0.383. The van der Waals surface area contributed by atoms with Crippen LogP contribution < -0.4 is 21.1 Å². The van der Waals surface area contributed by atoms with E-state index in [1.54, 1.807) is 6.07 Å². The summed E-state index contributed by atoms with van der Waals surface area (Å²) in [6.07, 6.45) is 0.608. The van der Waals surface area contributed by atoms with Crippen LogP contribution in [0.15, 0.2) is 24.3 Å². The van der Waals surface area contributed by atoms with Gasteiger partial charge in [-0.15, -0.1) is 13.2 Å². The summed E-state index contributed by atoms with van der Waals surface area (Å²) in [6, 6.07) is 6.22. The molecule has 4 rings (SSSR count). The number of nitrogen functional groups attached to an aromatic ring is 1. The molecule has 0 radical (unpaired) electrons. The van der Waals surface area contributed by atoms with Crippen molar-refractivity contribution in [2.24, 2.45) is 5.92 Å². The number of nitrogens with two attached hydrogens (primary N) is 1. The monoisotopic (exact) mass is 523 g/mol. The number of nitrogens with one attached hydrogen (secondary N) is 2. The highest BCUT2D eigenvalue weighted by Crippen LogP contribution is 2.34. The van der Waals surface area contributed by atoms with Crippen LogP contribution in [0.5, 0.6) is 5.75 Å². The van der Waals surface area contributed by atoms with E-state index in [1.165, 1.54) is 18.2 Å². The van der Waals surface area contributed by atoms with Gasteiger partial charge in [-0.2, -0.15) is 4.98 Å². The lowest BCUT2D eigenvalue weighted by molar-refractivity contribution is -0.385. The number of para-hydroxylation sites is 1. The number of hydrogen-bond donors (Lipinski definition) is 3. The van der Waals surface area contributed by atoms with Crippen LogP contribution in [0.3, 0.4) is 0 Å². The average molecular weight is 524 g/mol. The van der Waals surface area contributed by atoms with Crippen molar-refractivity contribution in [1.29, 1.82) is 0 Å². The molecule has 10 nitrogen and oxygen atoms in total. The lowest BCUT2D eigenvalue weighted by atomic mass is 9.82. The minimum atomic E-state index is -4.83. The van der Waals surface area contributed by atoms with Crippen LogP contribution in [-0.2, 0) is 13.0 Å². The zero-order chi connectivity index (χ0) is 26.4. The Kier molecular flexibility index (Phi) is 8.64. The fraction of sp³-hybridized carbons (Fsp3) is 0.583. The molecule has 2 aliphatic rings.